The van der Waals surface area contributed by atoms with Gasteiger partial charge in [-0.1, -0.05) is 67.6 Å². The predicted octanol–water partition coefficient (Wildman–Crippen LogP) is 5.44. The van der Waals surface area contributed by atoms with Crippen LogP contribution in [0.2, 0.25) is 0 Å². The van der Waals surface area contributed by atoms with Crippen LogP contribution < -0.4 is 9.47 Å². The molecule has 0 N–H and O–H groups in total. The van der Waals surface area contributed by atoms with Crippen molar-refractivity contribution in [2.24, 2.45) is 0 Å². The maximum absolute atomic E-state index is 12.2. The molecule has 0 aliphatic carbocycles. The van der Waals surface area contributed by atoms with Crippen LogP contribution in [0.15, 0.2) is 78.9 Å². The van der Waals surface area contributed by atoms with Crippen LogP contribution >= 0.6 is 0 Å². The summed E-state index contributed by atoms with van der Waals surface area (Å²) in [6.07, 6.45) is 0.436. The van der Waals surface area contributed by atoms with E-state index in [0.717, 1.165) is 11.1 Å². The molecule has 3 aromatic rings. The molecule has 0 amide bonds. The molecule has 0 aliphatic rings. The Morgan fingerprint density at radius 3 is 1.92 bits per heavy atom. The van der Waals surface area contributed by atoms with Crippen LogP contribution in [0.3, 0.4) is 0 Å². The Morgan fingerprint density at radius 1 is 0.769 bits per heavy atom. The average molecular weight is 346 g/mol. The Morgan fingerprint density at radius 2 is 1.35 bits per heavy atom. The van der Waals surface area contributed by atoms with Gasteiger partial charge in [0.05, 0.1) is 5.56 Å². The van der Waals surface area contributed by atoms with Crippen LogP contribution in [-0.2, 0) is 13.2 Å². The van der Waals surface area contributed by atoms with Crippen molar-refractivity contribution in [3.63, 3.8) is 0 Å². The van der Waals surface area contributed by atoms with Crippen LogP contribution in [0.4, 0.5) is 0 Å². The Labute approximate surface area is 154 Å². The van der Waals surface area contributed by atoms with Gasteiger partial charge in [-0.2, -0.15) is 0 Å². The first kappa shape index (κ1) is 17.7. The van der Waals surface area contributed by atoms with Gasteiger partial charge in [0.1, 0.15) is 24.7 Å². The van der Waals surface area contributed by atoms with E-state index in [0.29, 0.717) is 36.7 Å². The molecule has 26 heavy (non-hydrogen) atoms. The van der Waals surface area contributed by atoms with Gasteiger partial charge >= 0.3 is 0 Å². The predicted molar refractivity (Wildman–Crippen MR) is 103 cm³/mol. The van der Waals surface area contributed by atoms with Crippen molar-refractivity contribution in [3.05, 3.63) is 95.6 Å². The first-order chi connectivity index (χ1) is 12.8. The van der Waals surface area contributed by atoms with Gasteiger partial charge in [0, 0.05) is 12.5 Å². The molecule has 0 unspecified atom stereocenters. The SMILES string of the molecule is CCC(=O)c1ccc(OCc2ccccc2)cc1OCc1ccccc1. The number of hydrogen-bond acceptors (Lipinski definition) is 3. The van der Waals surface area contributed by atoms with E-state index in [-0.39, 0.29) is 5.78 Å². The first-order valence-electron chi connectivity index (χ1n) is 8.77. The minimum atomic E-state index is 0.0580. The number of carbonyl (C=O) groups excluding carboxylic acids is 1. The fourth-order valence-corrected chi connectivity index (χ4v) is 2.61. The Hall–Kier alpha value is -3.07. The van der Waals surface area contributed by atoms with Gasteiger partial charge in [-0.3, -0.25) is 4.79 Å². The summed E-state index contributed by atoms with van der Waals surface area (Å²) in [7, 11) is 0. The molecule has 0 aliphatic heterocycles. The van der Waals surface area contributed by atoms with Gasteiger partial charge in [0.15, 0.2) is 5.78 Å². The van der Waals surface area contributed by atoms with Gasteiger partial charge in [-0.25, -0.2) is 0 Å². The second-order valence-corrected chi connectivity index (χ2v) is 5.98. The monoisotopic (exact) mass is 346 g/mol. The average Bonchev–Trinajstić information content (AvgIpc) is 2.71. The maximum Gasteiger partial charge on any atom is 0.166 e. The maximum atomic E-state index is 12.2. The summed E-state index contributed by atoms with van der Waals surface area (Å²) in [5.41, 5.74) is 2.74. The molecule has 0 fully saturated rings. The fourth-order valence-electron chi connectivity index (χ4n) is 2.61. The van der Waals surface area contributed by atoms with E-state index in [9.17, 15) is 4.79 Å². The molecule has 3 aromatic carbocycles. The standard InChI is InChI=1S/C23H22O3/c1-2-22(24)21-14-13-20(25-16-18-9-5-3-6-10-18)15-23(21)26-17-19-11-7-4-8-12-19/h3-15H,2,16-17H2,1H3. The van der Waals surface area contributed by atoms with E-state index in [1.807, 2.05) is 73.7 Å². The highest BCUT2D eigenvalue weighted by Gasteiger charge is 2.13. The largest absolute Gasteiger partial charge is 0.489 e. The van der Waals surface area contributed by atoms with Crippen molar-refractivity contribution in [1.29, 1.82) is 0 Å². The third-order valence-electron chi connectivity index (χ3n) is 4.06. The summed E-state index contributed by atoms with van der Waals surface area (Å²) in [4.78, 5) is 12.2. The zero-order valence-corrected chi connectivity index (χ0v) is 14.9. The Kier molecular flexibility index (Phi) is 6.05. The number of carbonyl (C=O) groups is 1. The minimum absolute atomic E-state index is 0.0580. The van der Waals surface area contributed by atoms with Gasteiger partial charge in [-0.05, 0) is 23.3 Å². The lowest BCUT2D eigenvalue weighted by molar-refractivity contribution is 0.0983. The molecule has 132 valence electrons. The summed E-state index contributed by atoms with van der Waals surface area (Å²) < 4.78 is 11.8. The molecule has 3 heteroatoms. The summed E-state index contributed by atoms with van der Waals surface area (Å²) in [5, 5.41) is 0. The molecule has 3 nitrogen and oxygen atoms in total. The highest BCUT2D eigenvalue weighted by molar-refractivity contribution is 5.98. The molecule has 0 atom stereocenters. The second-order valence-electron chi connectivity index (χ2n) is 5.98. The van der Waals surface area contributed by atoms with E-state index in [1.165, 1.54) is 0 Å². The van der Waals surface area contributed by atoms with Gasteiger partial charge in [0.25, 0.3) is 0 Å². The highest BCUT2D eigenvalue weighted by Crippen LogP contribution is 2.27. The van der Waals surface area contributed by atoms with Crippen molar-refractivity contribution in [2.75, 3.05) is 0 Å². The number of ether oxygens (including phenoxy) is 2. The summed E-state index contributed by atoms with van der Waals surface area (Å²) in [6.45, 7) is 2.73. The van der Waals surface area contributed by atoms with Crippen LogP contribution in [0.25, 0.3) is 0 Å². The molecular formula is C23H22O3. The second kappa shape index (κ2) is 8.86. The van der Waals surface area contributed by atoms with E-state index in [1.54, 1.807) is 12.1 Å². The van der Waals surface area contributed by atoms with Gasteiger partial charge in [-0.15, -0.1) is 0 Å². The molecule has 3 rings (SSSR count). The van der Waals surface area contributed by atoms with Crippen molar-refractivity contribution in [2.45, 2.75) is 26.6 Å². The lowest BCUT2D eigenvalue weighted by atomic mass is 10.1. The number of benzene rings is 3. The van der Waals surface area contributed by atoms with E-state index in [2.05, 4.69) is 0 Å². The van der Waals surface area contributed by atoms with Gasteiger partial charge < -0.3 is 9.47 Å². The lowest BCUT2D eigenvalue weighted by Crippen LogP contribution is -2.04. The summed E-state index contributed by atoms with van der Waals surface area (Å²) in [6, 6.07) is 25.3. The lowest BCUT2D eigenvalue weighted by Gasteiger charge is -2.13. The molecule has 0 spiro atoms. The third kappa shape index (κ3) is 4.73. The quantitative estimate of drug-likeness (QED) is 0.510. The van der Waals surface area contributed by atoms with Crippen molar-refractivity contribution in [1.82, 2.24) is 0 Å². The molecule has 0 aromatic heterocycles. The molecule has 0 saturated heterocycles. The van der Waals surface area contributed by atoms with Crippen LogP contribution in [0, 0.1) is 0 Å². The Balaban J connectivity index is 1.76. The van der Waals surface area contributed by atoms with E-state index in [4.69, 9.17) is 9.47 Å². The first-order valence-corrected chi connectivity index (χ1v) is 8.77. The molecule has 0 radical (unpaired) electrons. The number of ketones is 1. The van der Waals surface area contributed by atoms with Crippen molar-refractivity contribution in [3.8, 4) is 11.5 Å². The molecule has 0 bridgehead atoms. The molecular weight excluding hydrogens is 324 g/mol. The van der Waals surface area contributed by atoms with Crippen LogP contribution in [-0.4, -0.2) is 5.78 Å². The molecule has 0 saturated carbocycles. The van der Waals surface area contributed by atoms with Crippen LogP contribution in [0.1, 0.15) is 34.8 Å². The molecule has 0 heterocycles. The van der Waals surface area contributed by atoms with Crippen molar-refractivity contribution < 1.29 is 14.3 Å². The number of hydrogen-bond donors (Lipinski definition) is 0. The normalized spacial score (nSPS) is 10.3. The smallest absolute Gasteiger partial charge is 0.166 e. The highest BCUT2D eigenvalue weighted by atomic mass is 16.5. The third-order valence-corrected chi connectivity index (χ3v) is 4.06. The zero-order valence-electron chi connectivity index (χ0n) is 14.9. The van der Waals surface area contributed by atoms with Crippen molar-refractivity contribution >= 4 is 5.78 Å². The Bertz CT molecular complexity index is 842. The minimum Gasteiger partial charge on any atom is -0.489 e. The number of rotatable bonds is 8. The summed E-state index contributed by atoms with van der Waals surface area (Å²) in [5.74, 6) is 1.30. The fraction of sp³-hybridized carbons (Fsp3) is 0.174. The zero-order chi connectivity index (χ0) is 18.2. The number of Topliss-reactive ketones (excluding diaryl/α,β-unsaturated/α-hetero) is 1. The van der Waals surface area contributed by atoms with E-state index >= 15 is 0 Å². The summed E-state index contributed by atoms with van der Waals surface area (Å²) >= 11 is 0. The topological polar surface area (TPSA) is 35.5 Å². The van der Waals surface area contributed by atoms with Gasteiger partial charge in [0.2, 0.25) is 0 Å². The van der Waals surface area contributed by atoms with Crippen LogP contribution in [0.5, 0.6) is 11.5 Å². The van der Waals surface area contributed by atoms with E-state index < -0.39 is 0 Å².